The van der Waals surface area contributed by atoms with Crippen LogP contribution in [0.3, 0.4) is 0 Å². The highest BCUT2D eigenvalue weighted by atomic mass is 32.2. The summed E-state index contributed by atoms with van der Waals surface area (Å²) in [6, 6.07) is 0. The van der Waals surface area contributed by atoms with E-state index < -0.39 is 0 Å². The zero-order chi connectivity index (χ0) is 8.69. The fraction of sp³-hybridized carbons (Fsp3) is 1.00. The van der Waals surface area contributed by atoms with Crippen LogP contribution in [0.1, 0.15) is 33.1 Å². The van der Waals surface area contributed by atoms with Gasteiger partial charge in [0.1, 0.15) is 0 Å². The normalized spacial score (nSPS) is 13.9. The summed E-state index contributed by atoms with van der Waals surface area (Å²) in [6.45, 7) is 4.30. The highest BCUT2D eigenvalue weighted by Gasteiger charge is 2.13. The number of aliphatic hydroxyl groups is 1. The Balaban J connectivity index is 3.51. The molecule has 2 heteroatoms. The third kappa shape index (κ3) is 4.70. The summed E-state index contributed by atoms with van der Waals surface area (Å²) >= 11 is 1.81. The second kappa shape index (κ2) is 6.99. The molecule has 1 nitrogen and oxygen atoms in total. The van der Waals surface area contributed by atoms with Crippen molar-refractivity contribution in [1.29, 1.82) is 0 Å². The van der Waals surface area contributed by atoms with E-state index in [0.717, 1.165) is 25.0 Å². The van der Waals surface area contributed by atoms with Crippen LogP contribution in [0.2, 0.25) is 0 Å². The summed E-state index contributed by atoms with van der Waals surface area (Å²) in [5, 5.41) is 9.63. The Labute approximate surface area is 74.6 Å². The van der Waals surface area contributed by atoms with E-state index >= 15 is 0 Å². The zero-order valence-corrected chi connectivity index (χ0v) is 8.66. The third-order valence-corrected chi connectivity index (χ3v) is 2.85. The predicted molar refractivity (Wildman–Crippen MR) is 53.1 cm³/mol. The average molecular weight is 176 g/mol. The van der Waals surface area contributed by atoms with Crippen molar-refractivity contribution in [2.45, 2.75) is 39.2 Å². The maximum atomic E-state index is 9.63. The van der Waals surface area contributed by atoms with E-state index in [1.165, 1.54) is 0 Å². The van der Waals surface area contributed by atoms with Gasteiger partial charge < -0.3 is 5.11 Å². The fourth-order valence-corrected chi connectivity index (χ4v) is 1.78. The smallest absolute Gasteiger partial charge is 0.0576 e. The molecule has 1 unspecified atom stereocenters. The summed E-state index contributed by atoms with van der Waals surface area (Å²) in [5.74, 6) is 1.60. The first kappa shape index (κ1) is 11.3. The second-order valence-corrected chi connectivity index (χ2v) is 3.91. The van der Waals surface area contributed by atoms with Gasteiger partial charge in [0.15, 0.2) is 0 Å². The molecule has 0 heterocycles. The number of hydrogen-bond donors (Lipinski definition) is 1. The van der Waals surface area contributed by atoms with Crippen molar-refractivity contribution in [1.82, 2.24) is 0 Å². The molecule has 0 radical (unpaired) electrons. The van der Waals surface area contributed by atoms with Crippen LogP contribution >= 0.6 is 11.8 Å². The first-order chi connectivity index (χ1) is 5.26. The Hall–Kier alpha value is 0.310. The van der Waals surface area contributed by atoms with Crippen molar-refractivity contribution in [3.8, 4) is 0 Å². The van der Waals surface area contributed by atoms with Crippen LogP contribution in [-0.2, 0) is 0 Å². The maximum Gasteiger partial charge on any atom is 0.0576 e. The molecule has 11 heavy (non-hydrogen) atoms. The van der Waals surface area contributed by atoms with E-state index in [1.54, 1.807) is 0 Å². The van der Waals surface area contributed by atoms with Gasteiger partial charge in [0.05, 0.1) is 6.10 Å². The van der Waals surface area contributed by atoms with Gasteiger partial charge in [-0.3, -0.25) is 0 Å². The maximum absolute atomic E-state index is 9.63. The van der Waals surface area contributed by atoms with E-state index in [9.17, 15) is 5.11 Å². The minimum atomic E-state index is -0.0718. The first-order valence-corrected chi connectivity index (χ1v) is 5.82. The minimum absolute atomic E-state index is 0.0718. The average Bonchev–Trinajstić information content (AvgIpc) is 2.03. The molecule has 0 saturated carbocycles. The monoisotopic (exact) mass is 176 g/mol. The van der Waals surface area contributed by atoms with E-state index in [0.29, 0.717) is 5.92 Å². The number of hydrogen-bond acceptors (Lipinski definition) is 2. The van der Waals surface area contributed by atoms with E-state index in [4.69, 9.17) is 0 Å². The molecule has 0 aliphatic heterocycles. The molecule has 1 atom stereocenters. The van der Waals surface area contributed by atoms with E-state index in [-0.39, 0.29) is 6.10 Å². The lowest BCUT2D eigenvalue weighted by Crippen LogP contribution is -2.19. The molecule has 0 amide bonds. The molecular weight excluding hydrogens is 156 g/mol. The highest BCUT2D eigenvalue weighted by Crippen LogP contribution is 2.16. The lowest BCUT2D eigenvalue weighted by molar-refractivity contribution is 0.100. The minimum Gasteiger partial charge on any atom is -0.393 e. The molecule has 0 aliphatic carbocycles. The molecule has 0 aromatic heterocycles. The predicted octanol–water partition coefficient (Wildman–Crippen LogP) is 2.54. The molecule has 0 aromatic carbocycles. The van der Waals surface area contributed by atoms with Gasteiger partial charge in [0, 0.05) is 0 Å². The van der Waals surface area contributed by atoms with Crippen LogP contribution in [0.25, 0.3) is 0 Å². The molecule has 0 aliphatic rings. The van der Waals surface area contributed by atoms with Gasteiger partial charge in [-0.2, -0.15) is 11.8 Å². The number of aliphatic hydroxyl groups excluding tert-OH is 1. The highest BCUT2D eigenvalue weighted by molar-refractivity contribution is 7.98. The molecule has 0 fully saturated rings. The van der Waals surface area contributed by atoms with Crippen LogP contribution in [0.5, 0.6) is 0 Å². The summed E-state index contributed by atoms with van der Waals surface area (Å²) in [6.07, 6.45) is 5.17. The van der Waals surface area contributed by atoms with Crippen molar-refractivity contribution in [2.75, 3.05) is 12.0 Å². The Morgan fingerprint density at radius 1 is 1.27 bits per heavy atom. The Kier molecular flexibility index (Phi) is 7.18. The van der Waals surface area contributed by atoms with Gasteiger partial charge in [0.2, 0.25) is 0 Å². The van der Waals surface area contributed by atoms with Crippen molar-refractivity contribution in [3.05, 3.63) is 0 Å². The van der Waals surface area contributed by atoms with Crippen molar-refractivity contribution in [3.63, 3.8) is 0 Å². The van der Waals surface area contributed by atoms with Crippen molar-refractivity contribution in [2.24, 2.45) is 5.92 Å². The molecule has 68 valence electrons. The van der Waals surface area contributed by atoms with E-state index in [1.807, 2.05) is 11.8 Å². The third-order valence-electron chi connectivity index (χ3n) is 2.21. The summed E-state index contributed by atoms with van der Waals surface area (Å²) in [5.41, 5.74) is 0. The van der Waals surface area contributed by atoms with Crippen molar-refractivity contribution < 1.29 is 5.11 Å². The molecule has 0 rings (SSSR count). The summed E-state index contributed by atoms with van der Waals surface area (Å²) in [7, 11) is 0. The molecule has 1 N–H and O–H groups in total. The van der Waals surface area contributed by atoms with Gasteiger partial charge in [-0.25, -0.2) is 0 Å². The van der Waals surface area contributed by atoms with Gasteiger partial charge in [-0.05, 0) is 24.3 Å². The van der Waals surface area contributed by atoms with Crippen LogP contribution in [0, 0.1) is 5.92 Å². The fourth-order valence-electron chi connectivity index (χ4n) is 1.31. The molecule has 0 bridgehead atoms. The molecule has 0 spiro atoms. The first-order valence-electron chi connectivity index (χ1n) is 4.43. The van der Waals surface area contributed by atoms with Crippen LogP contribution in [0.15, 0.2) is 0 Å². The molecule has 0 aromatic rings. The topological polar surface area (TPSA) is 20.2 Å². The lowest BCUT2D eigenvalue weighted by Gasteiger charge is -2.19. The second-order valence-electron chi connectivity index (χ2n) is 2.93. The Bertz CT molecular complexity index is 81.6. The Morgan fingerprint density at radius 3 is 2.18 bits per heavy atom. The molecule has 0 saturated heterocycles. The van der Waals surface area contributed by atoms with Crippen LogP contribution < -0.4 is 0 Å². The quantitative estimate of drug-likeness (QED) is 0.671. The number of rotatable bonds is 6. The zero-order valence-electron chi connectivity index (χ0n) is 7.84. The van der Waals surface area contributed by atoms with Gasteiger partial charge in [-0.1, -0.05) is 26.7 Å². The number of thioether (sulfide) groups is 1. The van der Waals surface area contributed by atoms with Crippen LogP contribution in [-0.4, -0.2) is 23.2 Å². The van der Waals surface area contributed by atoms with E-state index in [2.05, 4.69) is 20.1 Å². The van der Waals surface area contributed by atoms with Crippen molar-refractivity contribution >= 4 is 11.8 Å². The lowest BCUT2D eigenvalue weighted by atomic mass is 9.95. The SMILES string of the molecule is CCC(CC)C(O)CCSC. The molecular formula is C9H20OS. The summed E-state index contributed by atoms with van der Waals surface area (Å²) in [4.78, 5) is 0. The van der Waals surface area contributed by atoms with Gasteiger partial charge in [0.25, 0.3) is 0 Å². The largest absolute Gasteiger partial charge is 0.393 e. The van der Waals surface area contributed by atoms with Gasteiger partial charge >= 0.3 is 0 Å². The van der Waals surface area contributed by atoms with Gasteiger partial charge in [-0.15, -0.1) is 0 Å². The summed E-state index contributed by atoms with van der Waals surface area (Å²) < 4.78 is 0. The Morgan fingerprint density at radius 2 is 1.82 bits per heavy atom. The van der Waals surface area contributed by atoms with Crippen LogP contribution in [0.4, 0.5) is 0 Å². The standard InChI is InChI=1S/C9H20OS/c1-4-8(5-2)9(10)6-7-11-3/h8-10H,4-7H2,1-3H3.